The lowest BCUT2D eigenvalue weighted by Crippen LogP contribution is -2.49. The topological polar surface area (TPSA) is 23.6 Å². The SMILES string of the molecule is Cc1ccc(C(F)(F)F)cc1N1CCN(C(=O)[C@H]2C[C@H]2c2cccc(S(F)(F)(F)(F)F)c2)CC1. The number of nitrogens with zero attached hydrogens (tertiary/aromatic N) is 2. The van der Waals surface area contributed by atoms with E-state index < -0.39 is 38.7 Å². The third-order valence-electron chi connectivity index (χ3n) is 6.31. The van der Waals surface area contributed by atoms with Crippen LogP contribution >= 0.6 is 10.2 Å². The lowest BCUT2D eigenvalue weighted by Gasteiger charge is -2.40. The maximum Gasteiger partial charge on any atom is 0.416 e. The van der Waals surface area contributed by atoms with Crippen molar-refractivity contribution in [3.05, 3.63) is 59.2 Å². The van der Waals surface area contributed by atoms with Crippen molar-refractivity contribution in [3.8, 4) is 0 Å². The van der Waals surface area contributed by atoms with E-state index in [1.54, 1.807) is 11.8 Å². The molecule has 1 saturated carbocycles. The summed E-state index contributed by atoms with van der Waals surface area (Å²) in [6, 6.07) is 6.46. The molecule has 0 unspecified atom stereocenters. The molecule has 0 bridgehead atoms. The molecule has 34 heavy (non-hydrogen) atoms. The van der Waals surface area contributed by atoms with Crippen molar-refractivity contribution in [1.29, 1.82) is 0 Å². The van der Waals surface area contributed by atoms with E-state index in [0.717, 1.165) is 18.2 Å². The Morgan fingerprint density at radius 2 is 1.59 bits per heavy atom. The fourth-order valence-corrected chi connectivity index (χ4v) is 5.04. The number of aryl methyl sites for hydroxylation is 1. The van der Waals surface area contributed by atoms with E-state index >= 15 is 0 Å². The van der Waals surface area contributed by atoms with Crippen molar-refractivity contribution in [2.75, 3.05) is 31.1 Å². The van der Waals surface area contributed by atoms with Gasteiger partial charge in [0.15, 0.2) is 0 Å². The number of anilines is 1. The molecule has 188 valence electrons. The van der Waals surface area contributed by atoms with Gasteiger partial charge in [-0.15, -0.1) is 0 Å². The van der Waals surface area contributed by atoms with Crippen LogP contribution in [0.25, 0.3) is 0 Å². The third kappa shape index (κ3) is 5.11. The minimum atomic E-state index is -9.81. The second-order valence-corrected chi connectivity index (χ2v) is 11.2. The standard InChI is InChI=1S/C22H22F8N2OS/c1-14-5-6-16(22(23,24)25)12-20(14)31-7-9-32(10-8-31)21(33)19-13-18(19)15-3-2-4-17(11-15)34(26,27,28,29)30/h2-6,11-12,18-19H,7-10,13H2,1H3/t18-,19-/m0/s1. The van der Waals surface area contributed by atoms with Crippen LogP contribution in [0.3, 0.4) is 0 Å². The molecule has 2 fully saturated rings. The molecule has 3 nitrogen and oxygen atoms in total. The van der Waals surface area contributed by atoms with E-state index in [4.69, 9.17) is 0 Å². The van der Waals surface area contributed by atoms with E-state index in [1.165, 1.54) is 17.0 Å². The first-order valence-electron chi connectivity index (χ1n) is 10.5. The largest absolute Gasteiger partial charge is 0.416 e. The molecule has 1 amide bonds. The van der Waals surface area contributed by atoms with Gasteiger partial charge in [0, 0.05) is 37.8 Å². The molecular weight excluding hydrogens is 492 g/mol. The molecule has 2 aliphatic rings. The van der Waals surface area contributed by atoms with Gasteiger partial charge < -0.3 is 9.80 Å². The van der Waals surface area contributed by atoms with Crippen LogP contribution in [0.15, 0.2) is 47.4 Å². The molecule has 0 spiro atoms. The van der Waals surface area contributed by atoms with Crippen LogP contribution < -0.4 is 4.90 Å². The number of halogens is 8. The van der Waals surface area contributed by atoms with Crippen molar-refractivity contribution in [2.24, 2.45) is 5.92 Å². The van der Waals surface area contributed by atoms with Crippen LogP contribution in [-0.4, -0.2) is 37.0 Å². The first kappa shape index (κ1) is 24.6. The Morgan fingerprint density at radius 1 is 0.941 bits per heavy atom. The minimum Gasteiger partial charge on any atom is -0.368 e. The van der Waals surface area contributed by atoms with Crippen molar-refractivity contribution >= 4 is 21.8 Å². The van der Waals surface area contributed by atoms with Crippen molar-refractivity contribution in [1.82, 2.24) is 4.90 Å². The van der Waals surface area contributed by atoms with E-state index in [-0.39, 0.29) is 31.0 Å². The molecule has 1 saturated heterocycles. The van der Waals surface area contributed by atoms with Crippen LogP contribution in [0.1, 0.15) is 29.0 Å². The molecule has 12 heteroatoms. The number of benzene rings is 2. The average molecular weight is 514 g/mol. The summed E-state index contributed by atoms with van der Waals surface area (Å²) >= 11 is 0. The second-order valence-electron chi connectivity index (χ2n) is 8.80. The highest BCUT2D eigenvalue weighted by Crippen LogP contribution is 3.02. The van der Waals surface area contributed by atoms with Crippen LogP contribution in [-0.2, 0) is 11.0 Å². The number of alkyl halides is 3. The lowest BCUT2D eigenvalue weighted by atomic mass is 10.1. The predicted molar refractivity (Wildman–Crippen MR) is 114 cm³/mol. The Labute approximate surface area is 191 Å². The van der Waals surface area contributed by atoms with Gasteiger partial charge in [0.2, 0.25) is 5.91 Å². The van der Waals surface area contributed by atoms with E-state index in [0.29, 0.717) is 36.5 Å². The van der Waals surface area contributed by atoms with E-state index in [2.05, 4.69) is 0 Å². The fraction of sp³-hybridized carbons (Fsp3) is 0.409. The van der Waals surface area contributed by atoms with Crippen LogP contribution in [0.4, 0.5) is 38.3 Å². The van der Waals surface area contributed by atoms with Gasteiger partial charge >= 0.3 is 16.4 Å². The highest BCUT2D eigenvalue weighted by atomic mass is 32.5. The summed E-state index contributed by atoms with van der Waals surface area (Å²) in [5.74, 6) is -1.46. The monoisotopic (exact) mass is 514 g/mol. The second kappa shape index (κ2) is 7.25. The Balaban J connectivity index is 1.41. The van der Waals surface area contributed by atoms with Gasteiger partial charge in [0.1, 0.15) is 4.90 Å². The molecular formula is C22H22F8N2OS. The van der Waals surface area contributed by atoms with Gasteiger partial charge in [0.05, 0.1) is 5.56 Å². The van der Waals surface area contributed by atoms with Crippen molar-refractivity contribution in [3.63, 3.8) is 0 Å². The highest BCUT2D eigenvalue weighted by Gasteiger charge is 2.65. The number of piperazine rings is 1. The van der Waals surface area contributed by atoms with Gasteiger partial charge in [-0.05, 0) is 54.7 Å². The summed E-state index contributed by atoms with van der Waals surface area (Å²) in [7, 11) is -9.81. The van der Waals surface area contributed by atoms with Gasteiger partial charge in [-0.1, -0.05) is 37.6 Å². The number of carbonyl (C=O) groups excluding carboxylic acids is 1. The van der Waals surface area contributed by atoms with Crippen LogP contribution in [0.5, 0.6) is 0 Å². The summed E-state index contributed by atoms with van der Waals surface area (Å²) in [5.41, 5.74) is 0.376. The molecule has 1 aliphatic heterocycles. The summed E-state index contributed by atoms with van der Waals surface area (Å²) in [6.45, 7) is 2.77. The molecule has 2 aromatic carbocycles. The number of hydrogen-bond acceptors (Lipinski definition) is 2. The van der Waals surface area contributed by atoms with Crippen molar-refractivity contribution in [2.45, 2.75) is 30.3 Å². The summed E-state index contributed by atoms with van der Waals surface area (Å²) < 4.78 is 105. The molecule has 0 radical (unpaired) electrons. The van der Waals surface area contributed by atoms with Crippen LogP contribution in [0.2, 0.25) is 0 Å². The van der Waals surface area contributed by atoms with E-state index in [1.807, 2.05) is 0 Å². The Hall–Kier alpha value is -2.50. The third-order valence-corrected chi connectivity index (χ3v) is 7.45. The molecule has 0 N–H and O–H groups in total. The van der Waals surface area contributed by atoms with Gasteiger partial charge in [-0.25, -0.2) is 0 Å². The molecule has 1 aliphatic carbocycles. The Kier molecular flexibility index (Phi) is 5.25. The smallest absolute Gasteiger partial charge is 0.368 e. The van der Waals surface area contributed by atoms with Gasteiger partial charge in [0.25, 0.3) is 0 Å². The molecule has 0 aromatic heterocycles. The molecule has 1 heterocycles. The van der Waals surface area contributed by atoms with Gasteiger partial charge in [-0.3, -0.25) is 4.79 Å². The average Bonchev–Trinajstić information content (AvgIpc) is 3.52. The lowest BCUT2D eigenvalue weighted by molar-refractivity contribution is -0.137. The summed E-state index contributed by atoms with van der Waals surface area (Å²) in [5, 5.41) is 0. The summed E-state index contributed by atoms with van der Waals surface area (Å²) in [6.07, 6.45) is -4.22. The van der Waals surface area contributed by atoms with E-state index in [9.17, 15) is 37.4 Å². The zero-order valence-electron chi connectivity index (χ0n) is 18.0. The predicted octanol–water partition coefficient (Wildman–Crippen LogP) is 7.12. The van der Waals surface area contributed by atoms with Crippen molar-refractivity contribution < 1.29 is 37.4 Å². The first-order valence-corrected chi connectivity index (χ1v) is 12.4. The number of carbonyl (C=O) groups is 1. The normalized spacial score (nSPS) is 23.3. The fourth-order valence-electron chi connectivity index (χ4n) is 4.35. The molecule has 2 aromatic rings. The molecule has 4 rings (SSSR count). The number of rotatable bonds is 4. The number of amides is 1. The number of hydrogen-bond donors (Lipinski definition) is 0. The minimum absolute atomic E-state index is 0.0438. The van der Waals surface area contributed by atoms with Crippen LogP contribution in [0, 0.1) is 12.8 Å². The Morgan fingerprint density at radius 3 is 2.18 bits per heavy atom. The zero-order valence-corrected chi connectivity index (χ0v) is 18.8. The maximum absolute atomic E-state index is 13.1. The van der Waals surface area contributed by atoms with Gasteiger partial charge in [-0.2, -0.15) is 13.2 Å². The first-order chi connectivity index (χ1) is 15.4. The highest BCUT2D eigenvalue weighted by molar-refractivity contribution is 8.45. The quantitative estimate of drug-likeness (QED) is 0.406. The Bertz CT molecular complexity index is 1130. The molecule has 2 atom stereocenters. The maximum atomic E-state index is 13.1. The zero-order chi connectivity index (χ0) is 25.2. The summed E-state index contributed by atoms with van der Waals surface area (Å²) in [4.78, 5) is 14.2.